The molecule has 0 atom stereocenters. The second-order valence-corrected chi connectivity index (χ2v) is 4.22. The molecule has 0 bridgehead atoms. The fraction of sp³-hybridized carbons (Fsp3) is 0.267. The van der Waals surface area contributed by atoms with Crippen molar-refractivity contribution in [2.75, 3.05) is 13.7 Å². The normalized spacial score (nSPS) is 11.2. The van der Waals surface area contributed by atoms with E-state index in [-0.39, 0.29) is 6.61 Å². The number of hydrogen-bond acceptors (Lipinski definition) is 7. The molecule has 0 aromatic heterocycles. The van der Waals surface area contributed by atoms with E-state index in [1.54, 1.807) is 0 Å². The Hall–Kier alpha value is -2.83. The molecular formula is C15H16O7. The number of ether oxygens (including phenoxy) is 3. The molecule has 0 saturated heterocycles. The fourth-order valence-corrected chi connectivity index (χ4v) is 1.56. The number of rotatable bonds is 6. The third kappa shape index (κ3) is 4.93. The summed E-state index contributed by atoms with van der Waals surface area (Å²) in [6, 6.07) is 6.03. The number of hydrogen-bond donors (Lipinski definition) is 1. The Morgan fingerprint density at radius 3 is 2.05 bits per heavy atom. The molecule has 1 N–H and O–H groups in total. The van der Waals surface area contributed by atoms with Crippen LogP contribution in [-0.2, 0) is 19.1 Å². The van der Waals surface area contributed by atoms with Gasteiger partial charge in [-0.05, 0) is 31.2 Å². The lowest BCUT2D eigenvalue weighted by Gasteiger charge is -2.09. The van der Waals surface area contributed by atoms with Crippen LogP contribution in [-0.4, -0.2) is 36.5 Å². The Morgan fingerprint density at radius 1 is 1.05 bits per heavy atom. The number of aliphatic hydroxyl groups excluding tert-OH is 1. The van der Waals surface area contributed by atoms with Crippen molar-refractivity contribution in [2.45, 2.75) is 13.8 Å². The number of Topliss-reactive ketones (excluding diaryl/α,β-unsaturated/α-hetero) is 1. The maximum absolute atomic E-state index is 11.4. The summed E-state index contributed by atoms with van der Waals surface area (Å²) in [6.07, 6.45) is 0. The van der Waals surface area contributed by atoms with Gasteiger partial charge in [-0.1, -0.05) is 0 Å². The van der Waals surface area contributed by atoms with Crippen molar-refractivity contribution in [1.82, 2.24) is 0 Å². The highest BCUT2D eigenvalue weighted by molar-refractivity contribution is 6.16. The van der Waals surface area contributed by atoms with Crippen molar-refractivity contribution in [2.24, 2.45) is 0 Å². The number of carbonyl (C=O) groups is 3. The maximum atomic E-state index is 11.4. The van der Waals surface area contributed by atoms with E-state index in [1.807, 2.05) is 0 Å². The van der Waals surface area contributed by atoms with Gasteiger partial charge in [0.05, 0.1) is 7.11 Å². The maximum Gasteiger partial charge on any atom is 0.345 e. The van der Waals surface area contributed by atoms with Crippen LogP contribution in [0.1, 0.15) is 13.8 Å². The average molecular weight is 308 g/mol. The number of carbonyl (C=O) groups excluding carboxylic acids is 3. The van der Waals surface area contributed by atoms with E-state index in [0.29, 0.717) is 11.5 Å². The van der Waals surface area contributed by atoms with E-state index < -0.39 is 29.1 Å². The fourth-order valence-electron chi connectivity index (χ4n) is 1.56. The summed E-state index contributed by atoms with van der Waals surface area (Å²) in [5.41, 5.74) is -0.459. The van der Waals surface area contributed by atoms with Crippen LogP contribution in [0.3, 0.4) is 0 Å². The topological polar surface area (TPSA) is 99.1 Å². The van der Waals surface area contributed by atoms with Gasteiger partial charge in [-0.2, -0.15) is 0 Å². The predicted molar refractivity (Wildman–Crippen MR) is 75.6 cm³/mol. The number of ketones is 1. The van der Waals surface area contributed by atoms with Crippen molar-refractivity contribution in [1.29, 1.82) is 0 Å². The molecule has 1 aromatic rings. The van der Waals surface area contributed by atoms with Crippen LogP contribution in [0.25, 0.3) is 0 Å². The van der Waals surface area contributed by atoms with E-state index in [4.69, 9.17) is 9.47 Å². The summed E-state index contributed by atoms with van der Waals surface area (Å²) in [5, 5.41) is 9.78. The van der Waals surface area contributed by atoms with Crippen molar-refractivity contribution >= 4 is 17.7 Å². The van der Waals surface area contributed by atoms with Gasteiger partial charge in [-0.3, -0.25) is 9.59 Å². The van der Waals surface area contributed by atoms with Crippen LogP contribution in [0.5, 0.6) is 11.5 Å². The number of methoxy groups -OCH3 is 1. The molecule has 0 heterocycles. The van der Waals surface area contributed by atoms with Crippen molar-refractivity contribution in [3.05, 3.63) is 35.6 Å². The number of esters is 2. The third-order valence-corrected chi connectivity index (χ3v) is 2.49. The Morgan fingerprint density at radius 2 is 1.59 bits per heavy atom. The van der Waals surface area contributed by atoms with Gasteiger partial charge in [0.1, 0.15) is 29.4 Å². The smallest absolute Gasteiger partial charge is 0.345 e. The van der Waals surface area contributed by atoms with E-state index in [2.05, 4.69) is 4.74 Å². The van der Waals surface area contributed by atoms with Gasteiger partial charge in [0.15, 0.2) is 5.78 Å². The van der Waals surface area contributed by atoms with Crippen LogP contribution in [0, 0.1) is 0 Å². The van der Waals surface area contributed by atoms with Crippen molar-refractivity contribution in [3.8, 4) is 11.5 Å². The Bertz CT molecular complexity index is 599. The highest BCUT2D eigenvalue weighted by atomic mass is 16.5. The molecular weight excluding hydrogens is 292 g/mol. The zero-order valence-electron chi connectivity index (χ0n) is 12.4. The highest BCUT2D eigenvalue weighted by Crippen LogP contribution is 2.18. The number of benzene rings is 1. The first kappa shape index (κ1) is 17.2. The van der Waals surface area contributed by atoms with Crippen molar-refractivity contribution in [3.63, 3.8) is 0 Å². The summed E-state index contributed by atoms with van der Waals surface area (Å²) in [5.74, 6) is -1.83. The minimum atomic E-state index is -0.932. The highest BCUT2D eigenvalue weighted by Gasteiger charge is 2.21. The van der Waals surface area contributed by atoms with Crippen molar-refractivity contribution < 1.29 is 33.7 Å². The lowest BCUT2D eigenvalue weighted by molar-refractivity contribution is -0.138. The van der Waals surface area contributed by atoms with Gasteiger partial charge in [-0.15, -0.1) is 0 Å². The number of aliphatic hydroxyl groups is 1. The first-order chi connectivity index (χ1) is 10.3. The van der Waals surface area contributed by atoms with Crippen LogP contribution in [0.2, 0.25) is 0 Å². The molecule has 118 valence electrons. The monoisotopic (exact) mass is 308 g/mol. The van der Waals surface area contributed by atoms with E-state index >= 15 is 0 Å². The minimum absolute atomic E-state index is 0.346. The Kier molecular flexibility index (Phi) is 6.12. The third-order valence-electron chi connectivity index (χ3n) is 2.49. The van der Waals surface area contributed by atoms with Crippen LogP contribution in [0.4, 0.5) is 0 Å². The van der Waals surface area contributed by atoms with E-state index in [1.165, 1.54) is 31.2 Å². The quantitative estimate of drug-likeness (QED) is 0.213. The van der Waals surface area contributed by atoms with Crippen LogP contribution < -0.4 is 9.47 Å². The molecule has 0 saturated carbocycles. The zero-order chi connectivity index (χ0) is 16.7. The first-order valence-electron chi connectivity index (χ1n) is 6.27. The largest absolute Gasteiger partial charge is 0.508 e. The van der Waals surface area contributed by atoms with Crippen LogP contribution >= 0.6 is 0 Å². The molecule has 22 heavy (non-hydrogen) atoms. The molecule has 0 unspecified atom stereocenters. The summed E-state index contributed by atoms with van der Waals surface area (Å²) >= 11 is 0. The Balaban J connectivity index is 2.77. The lowest BCUT2D eigenvalue weighted by atomic mass is 10.1. The molecule has 0 spiro atoms. The summed E-state index contributed by atoms with van der Waals surface area (Å²) in [6.45, 7) is 2.04. The van der Waals surface area contributed by atoms with Gasteiger partial charge in [0, 0.05) is 6.92 Å². The summed E-state index contributed by atoms with van der Waals surface area (Å²) in [7, 11) is 1.10. The minimum Gasteiger partial charge on any atom is -0.508 e. The average Bonchev–Trinajstić information content (AvgIpc) is 2.45. The lowest BCUT2D eigenvalue weighted by Crippen LogP contribution is -2.17. The summed E-state index contributed by atoms with van der Waals surface area (Å²) in [4.78, 5) is 33.5. The van der Waals surface area contributed by atoms with Gasteiger partial charge in [0.2, 0.25) is 0 Å². The molecule has 1 aromatic carbocycles. The molecule has 0 aliphatic heterocycles. The molecule has 1 rings (SSSR count). The molecule has 0 amide bonds. The molecule has 0 aliphatic rings. The molecule has 0 aliphatic carbocycles. The predicted octanol–water partition coefficient (Wildman–Crippen LogP) is 1.56. The van der Waals surface area contributed by atoms with Gasteiger partial charge in [-0.25, -0.2) is 4.79 Å². The SMILES string of the molecule is COC(=O)C(C(C)=O)=C(O)COc1ccc(OC(C)=O)cc1. The second kappa shape index (κ2) is 7.82. The Labute approximate surface area is 127 Å². The van der Waals surface area contributed by atoms with Gasteiger partial charge >= 0.3 is 11.9 Å². The van der Waals surface area contributed by atoms with Gasteiger partial charge in [0.25, 0.3) is 0 Å². The molecule has 7 nitrogen and oxygen atoms in total. The standard InChI is InChI=1S/C15H16O7/c1-9(16)14(15(19)20-3)13(18)8-21-11-4-6-12(7-5-11)22-10(2)17/h4-7,18H,8H2,1-3H3. The zero-order valence-corrected chi connectivity index (χ0v) is 12.4. The van der Waals surface area contributed by atoms with E-state index in [9.17, 15) is 19.5 Å². The first-order valence-corrected chi connectivity index (χ1v) is 6.27. The van der Waals surface area contributed by atoms with Crippen LogP contribution in [0.15, 0.2) is 35.6 Å². The molecule has 7 heteroatoms. The second-order valence-electron chi connectivity index (χ2n) is 4.22. The molecule has 0 fully saturated rings. The van der Waals surface area contributed by atoms with Gasteiger partial charge < -0.3 is 19.3 Å². The summed E-state index contributed by atoms with van der Waals surface area (Å²) < 4.78 is 14.5. The van der Waals surface area contributed by atoms with E-state index in [0.717, 1.165) is 14.0 Å². The molecule has 0 radical (unpaired) electrons.